The van der Waals surface area contributed by atoms with Gasteiger partial charge in [0.05, 0.1) is 0 Å². The lowest BCUT2D eigenvalue weighted by molar-refractivity contribution is -0.262. The van der Waals surface area contributed by atoms with E-state index in [0.717, 1.165) is 0 Å². The number of nitrogens with zero attached hydrogens (tertiary/aromatic N) is 3. The van der Waals surface area contributed by atoms with Crippen LogP contribution >= 0.6 is 45.2 Å². The molecule has 0 saturated heterocycles. The van der Waals surface area contributed by atoms with E-state index in [9.17, 15) is 65.9 Å². The predicted molar refractivity (Wildman–Crippen MR) is 80.4 cm³/mol. The van der Waals surface area contributed by atoms with Crippen LogP contribution in [0.3, 0.4) is 0 Å². The molecule has 0 bridgehead atoms. The highest BCUT2D eigenvalue weighted by atomic mass is 127. The average molecular weight is 701 g/mol. The minimum atomic E-state index is -6.55. The van der Waals surface area contributed by atoms with Crippen LogP contribution in [0.25, 0.3) is 0 Å². The summed E-state index contributed by atoms with van der Waals surface area (Å²) in [5.41, 5.74) is 0. The number of alkyl halides is 17. The SMILES string of the molecule is FC(F)(F)c1nc(C(F)(F)C(F)(I)C(F)(F)F)nc(C(F)(F)C(F)(I)C(F)(F)F)n1. The van der Waals surface area contributed by atoms with Gasteiger partial charge in [-0.2, -0.15) is 57.1 Å². The second kappa shape index (κ2) is 7.49. The van der Waals surface area contributed by atoms with Crippen LogP contribution in [0.15, 0.2) is 0 Å². The Morgan fingerprint density at radius 1 is 0.433 bits per heavy atom. The maximum atomic E-state index is 13.9. The number of hydrogen-bond donors (Lipinski definition) is 0. The van der Waals surface area contributed by atoms with Gasteiger partial charge < -0.3 is 0 Å². The van der Waals surface area contributed by atoms with Gasteiger partial charge in [0.1, 0.15) is 0 Å². The summed E-state index contributed by atoms with van der Waals surface area (Å²) in [4.78, 5) is 5.20. The number of aromatic nitrogens is 3. The second-order valence-corrected chi connectivity index (χ2v) is 8.07. The van der Waals surface area contributed by atoms with Crippen molar-refractivity contribution >= 4 is 45.2 Å². The lowest BCUT2D eigenvalue weighted by atomic mass is 10.1. The van der Waals surface area contributed by atoms with E-state index in [1.807, 2.05) is 0 Å². The van der Waals surface area contributed by atoms with E-state index in [1.54, 1.807) is 15.0 Å². The lowest BCUT2D eigenvalue weighted by Gasteiger charge is -2.31. The van der Waals surface area contributed by atoms with Crippen molar-refractivity contribution in [3.63, 3.8) is 0 Å². The first-order valence-electron chi connectivity index (χ1n) is 6.30. The van der Waals surface area contributed by atoms with Crippen LogP contribution in [0.2, 0.25) is 0 Å². The lowest BCUT2D eigenvalue weighted by Crippen LogP contribution is -2.51. The summed E-state index contributed by atoms with van der Waals surface area (Å²) in [6.07, 6.45) is -19.2. The van der Waals surface area contributed by atoms with E-state index in [-0.39, 0.29) is 0 Å². The summed E-state index contributed by atoms with van der Waals surface area (Å²) in [5, 5.41) is 0. The molecule has 1 aromatic rings. The van der Waals surface area contributed by atoms with Gasteiger partial charge in [-0.15, -0.1) is 0 Å². The Morgan fingerprint density at radius 2 is 0.667 bits per heavy atom. The van der Waals surface area contributed by atoms with Crippen molar-refractivity contribution in [3.05, 3.63) is 17.5 Å². The molecule has 2 unspecified atom stereocenters. The molecule has 0 aromatic carbocycles. The third kappa shape index (κ3) is 4.47. The topological polar surface area (TPSA) is 38.7 Å². The Bertz CT molecular complexity index is 739. The molecule has 0 saturated carbocycles. The Labute approximate surface area is 181 Å². The molecule has 0 spiro atoms. The molecule has 0 aliphatic heterocycles. The molecule has 0 fully saturated rings. The fraction of sp³-hybridized carbons (Fsp3) is 0.700. The Balaban J connectivity index is 3.92. The fourth-order valence-electron chi connectivity index (χ4n) is 1.42. The van der Waals surface area contributed by atoms with E-state index < -0.39 is 100 Å². The molecule has 174 valence electrons. The highest BCUT2D eigenvalue weighted by molar-refractivity contribution is 14.1. The molecule has 3 nitrogen and oxygen atoms in total. The molecule has 2 atom stereocenters. The van der Waals surface area contributed by atoms with Crippen molar-refractivity contribution in [1.29, 1.82) is 0 Å². The number of halogens is 17. The van der Waals surface area contributed by atoms with E-state index >= 15 is 0 Å². The van der Waals surface area contributed by atoms with Gasteiger partial charge in [0.15, 0.2) is 0 Å². The van der Waals surface area contributed by atoms with Crippen molar-refractivity contribution in [2.75, 3.05) is 0 Å². The van der Waals surface area contributed by atoms with Crippen LogP contribution in [-0.2, 0) is 18.0 Å². The van der Waals surface area contributed by atoms with E-state index in [0.29, 0.717) is 0 Å². The highest BCUT2D eigenvalue weighted by Crippen LogP contribution is 2.56. The summed E-state index contributed by atoms with van der Waals surface area (Å²) in [7, 11) is 0. The van der Waals surface area contributed by atoms with Crippen LogP contribution < -0.4 is 0 Å². The van der Waals surface area contributed by atoms with Crippen LogP contribution in [0.4, 0.5) is 65.9 Å². The zero-order valence-electron chi connectivity index (χ0n) is 12.8. The second-order valence-electron chi connectivity index (χ2n) is 5.10. The third-order valence-corrected chi connectivity index (χ3v) is 5.53. The summed E-state index contributed by atoms with van der Waals surface area (Å²) < 4.78 is 184. The molecular weight excluding hydrogens is 701 g/mol. The van der Waals surface area contributed by atoms with Gasteiger partial charge in [0.25, 0.3) is 0 Å². The predicted octanol–water partition coefficient (Wildman–Crippen LogP) is 6.40. The zero-order valence-corrected chi connectivity index (χ0v) is 17.1. The van der Waals surface area contributed by atoms with Gasteiger partial charge in [-0.1, -0.05) is 0 Å². The highest BCUT2D eigenvalue weighted by Gasteiger charge is 2.74. The standard InChI is InChI=1S/C10F15I2N3/c11-4(12,7(18,26)9(20,21)22)1-28-2(30-3(29-1)6(15,16)17)5(13,14)8(19,27)10(23,24)25. The Morgan fingerprint density at radius 3 is 0.867 bits per heavy atom. The van der Waals surface area contributed by atoms with Crippen molar-refractivity contribution in [2.24, 2.45) is 0 Å². The summed E-state index contributed by atoms with van der Waals surface area (Å²) in [5.74, 6) is -22.2. The minimum Gasteiger partial charge on any atom is -0.215 e. The summed E-state index contributed by atoms with van der Waals surface area (Å²) in [6.45, 7) is 0. The van der Waals surface area contributed by atoms with Gasteiger partial charge in [0.2, 0.25) is 17.5 Å². The molecular formula is C10F15I2N3. The van der Waals surface area contributed by atoms with Crippen LogP contribution in [0.1, 0.15) is 17.5 Å². The smallest absolute Gasteiger partial charge is 0.215 e. The van der Waals surface area contributed by atoms with Crippen LogP contribution in [0, 0.1) is 0 Å². The van der Waals surface area contributed by atoms with Gasteiger partial charge in [-0.05, 0) is 45.2 Å². The van der Waals surface area contributed by atoms with Gasteiger partial charge in [-0.25, -0.2) is 23.7 Å². The van der Waals surface area contributed by atoms with E-state index in [2.05, 4.69) is 0 Å². The first-order chi connectivity index (χ1) is 12.8. The average Bonchev–Trinajstić information content (AvgIpc) is 2.51. The normalized spacial score (nSPS) is 18.7. The molecule has 1 rings (SSSR count). The largest absolute Gasteiger partial charge is 0.451 e. The zero-order chi connectivity index (χ0) is 24.4. The van der Waals surface area contributed by atoms with Gasteiger partial charge in [0, 0.05) is 0 Å². The van der Waals surface area contributed by atoms with E-state index in [4.69, 9.17) is 0 Å². The first-order valence-corrected chi connectivity index (χ1v) is 8.46. The maximum absolute atomic E-state index is 13.9. The van der Waals surface area contributed by atoms with Crippen molar-refractivity contribution in [1.82, 2.24) is 15.0 Å². The Kier molecular flexibility index (Phi) is 6.85. The molecule has 1 aromatic heterocycles. The van der Waals surface area contributed by atoms with Crippen molar-refractivity contribution < 1.29 is 65.9 Å². The molecule has 30 heavy (non-hydrogen) atoms. The monoisotopic (exact) mass is 701 g/mol. The minimum absolute atomic E-state index is 0.643. The number of hydrogen-bond acceptors (Lipinski definition) is 3. The van der Waals surface area contributed by atoms with Crippen molar-refractivity contribution in [2.45, 2.75) is 37.7 Å². The molecule has 0 N–H and O–H groups in total. The molecule has 0 radical (unpaired) electrons. The number of rotatable bonds is 4. The van der Waals surface area contributed by atoms with Gasteiger partial charge in [-0.3, -0.25) is 0 Å². The quantitative estimate of drug-likeness (QED) is 0.208. The van der Waals surface area contributed by atoms with Crippen LogP contribution in [-0.4, -0.2) is 34.7 Å². The molecule has 0 aliphatic rings. The molecule has 1 heterocycles. The fourth-order valence-corrected chi connectivity index (χ4v) is 1.90. The molecule has 0 aliphatic carbocycles. The van der Waals surface area contributed by atoms with Crippen molar-refractivity contribution in [3.8, 4) is 0 Å². The van der Waals surface area contributed by atoms with Crippen LogP contribution in [0.5, 0.6) is 0 Å². The maximum Gasteiger partial charge on any atom is 0.451 e. The molecule has 20 heteroatoms. The molecule has 0 amide bonds. The third-order valence-electron chi connectivity index (χ3n) is 2.95. The van der Waals surface area contributed by atoms with Gasteiger partial charge >= 0.3 is 37.7 Å². The first kappa shape index (κ1) is 27.5. The summed E-state index contributed by atoms with van der Waals surface area (Å²) >= 11 is -1.29. The summed E-state index contributed by atoms with van der Waals surface area (Å²) in [6, 6.07) is 0. The Hall–Kier alpha value is -0.580. The van der Waals surface area contributed by atoms with E-state index in [1.165, 1.54) is 0 Å².